The van der Waals surface area contributed by atoms with Crippen molar-refractivity contribution in [1.82, 2.24) is 0 Å². The van der Waals surface area contributed by atoms with Crippen molar-refractivity contribution in [2.45, 2.75) is 0 Å². The van der Waals surface area contributed by atoms with Crippen LogP contribution < -0.4 is 19.5 Å². The van der Waals surface area contributed by atoms with Crippen LogP contribution in [0.4, 0.5) is 5.69 Å². The minimum absolute atomic E-state index is 0.181. The Kier molecular flexibility index (Phi) is 6.30. The number of para-hydroxylation sites is 1. The number of methoxy groups -OCH3 is 1. The lowest BCUT2D eigenvalue weighted by molar-refractivity contribution is 0.102. The molecule has 0 saturated heterocycles. The molecule has 0 radical (unpaired) electrons. The number of rotatable bonds is 8. The van der Waals surface area contributed by atoms with Crippen LogP contribution in [0.1, 0.15) is 10.4 Å². The van der Waals surface area contributed by atoms with Crippen LogP contribution in [0.25, 0.3) is 0 Å². The van der Waals surface area contributed by atoms with Crippen molar-refractivity contribution < 1.29 is 19.0 Å². The number of ether oxygens (including phenoxy) is 3. The highest BCUT2D eigenvalue weighted by molar-refractivity contribution is 6.04. The Balaban J connectivity index is 1.46. The second kappa shape index (κ2) is 9.29. The summed E-state index contributed by atoms with van der Waals surface area (Å²) in [6.45, 7) is 0.871. The van der Waals surface area contributed by atoms with Gasteiger partial charge >= 0.3 is 0 Å². The third-order valence-corrected chi connectivity index (χ3v) is 3.83. The summed E-state index contributed by atoms with van der Waals surface area (Å²) in [6.07, 6.45) is 0. The second-order valence-corrected chi connectivity index (χ2v) is 5.72. The number of hydrogen-bond donors (Lipinski definition) is 1. The Labute approximate surface area is 158 Å². The highest BCUT2D eigenvalue weighted by atomic mass is 16.5. The fraction of sp³-hybridized carbons (Fsp3) is 0.136. The predicted octanol–water partition coefficient (Wildman–Crippen LogP) is 4.41. The van der Waals surface area contributed by atoms with Gasteiger partial charge in [-0.05, 0) is 60.7 Å². The number of nitrogens with one attached hydrogen (secondary N) is 1. The van der Waals surface area contributed by atoms with E-state index in [0.29, 0.717) is 30.2 Å². The van der Waals surface area contributed by atoms with E-state index in [-0.39, 0.29) is 5.91 Å². The van der Waals surface area contributed by atoms with Gasteiger partial charge in [-0.25, -0.2) is 0 Å². The monoisotopic (exact) mass is 363 g/mol. The summed E-state index contributed by atoms with van der Waals surface area (Å²) in [4.78, 5) is 12.3. The fourth-order valence-corrected chi connectivity index (χ4v) is 2.42. The molecule has 0 atom stereocenters. The van der Waals surface area contributed by atoms with Gasteiger partial charge < -0.3 is 19.5 Å². The number of anilines is 1. The van der Waals surface area contributed by atoms with E-state index in [1.54, 1.807) is 55.6 Å². The van der Waals surface area contributed by atoms with Crippen molar-refractivity contribution in [3.63, 3.8) is 0 Å². The largest absolute Gasteiger partial charge is 0.497 e. The van der Waals surface area contributed by atoms with Gasteiger partial charge in [0, 0.05) is 11.3 Å². The average Bonchev–Trinajstić information content (AvgIpc) is 2.73. The third kappa shape index (κ3) is 5.51. The lowest BCUT2D eigenvalue weighted by atomic mass is 10.2. The van der Waals surface area contributed by atoms with Gasteiger partial charge in [0.25, 0.3) is 5.91 Å². The number of carbonyl (C=O) groups is 1. The molecule has 0 aliphatic rings. The summed E-state index contributed by atoms with van der Waals surface area (Å²) >= 11 is 0. The maximum Gasteiger partial charge on any atom is 0.255 e. The van der Waals surface area contributed by atoms with Crippen LogP contribution in [0.2, 0.25) is 0 Å². The first-order valence-corrected chi connectivity index (χ1v) is 8.61. The molecule has 5 heteroatoms. The molecule has 0 aromatic heterocycles. The van der Waals surface area contributed by atoms with Crippen LogP contribution in [0.3, 0.4) is 0 Å². The third-order valence-electron chi connectivity index (χ3n) is 3.83. The van der Waals surface area contributed by atoms with Crippen molar-refractivity contribution in [3.8, 4) is 17.2 Å². The van der Waals surface area contributed by atoms with E-state index < -0.39 is 0 Å². The molecular formula is C22H21NO4. The predicted molar refractivity (Wildman–Crippen MR) is 105 cm³/mol. The molecule has 3 aromatic carbocycles. The molecule has 0 fully saturated rings. The molecule has 1 N–H and O–H groups in total. The molecule has 0 bridgehead atoms. The zero-order valence-electron chi connectivity index (χ0n) is 15.1. The van der Waals surface area contributed by atoms with Crippen LogP contribution in [-0.2, 0) is 0 Å². The van der Waals surface area contributed by atoms with Crippen molar-refractivity contribution in [2.24, 2.45) is 0 Å². The minimum atomic E-state index is -0.181. The number of hydrogen-bond acceptors (Lipinski definition) is 4. The van der Waals surface area contributed by atoms with Crippen molar-refractivity contribution in [3.05, 3.63) is 84.4 Å². The molecule has 27 heavy (non-hydrogen) atoms. The first-order chi connectivity index (χ1) is 13.2. The molecular weight excluding hydrogens is 342 g/mol. The Morgan fingerprint density at radius 2 is 1.30 bits per heavy atom. The summed E-state index contributed by atoms with van der Waals surface area (Å²) in [5.74, 6) is 2.06. The van der Waals surface area contributed by atoms with E-state index in [1.807, 2.05) is 30.3 Å². The van der Waals surface area contributed by atoms with Gasteiger partial charge in [-0.3, -0.25) is 4.79 Å². The lowest BCUT2D eigenvalue weighted by Gasteiger charge is -2.09. The highest BCUT2D eigenvalue weighted by Crippen LogP contribution is 2.17. The maximum atomic E-state index is 12.3. The van der Waals surface area contributed by atoms with E-state index in [4.69, 9.17) is 14.2 Å². The first-order valence-electron chi connectivity index (χ1n) is 8.61. The van der Waals surface area contributed by atoms with Crippen LogP contribution in [0.5, 0.6) is 17.2 Å². The van der Waals surface area contributed by atoms with E-state index in [2.05, 4.69) is 5.32 Å². The molecule has 5 nitrogen and oxygen atoms in total. The molecule has 0 saturated carbocycles. The quantitative estimate of drug-likeness (QED) is 0.603. The van der Waals surface area contributed by atoms with E-state index in [9.17, 15) is 4.79 Å². The van der Waals surface area contributed by atoms with Gasteiger partial charge in [-0.15, -0.1) is 0 Å². The summed E-state index contributed by atoms with van der Waals surface area (Å²) in [7, 11) is 1.60. The Morgan fingerprint density at radius 3 is 1.89 bits per heavy atom. The highest BCUT2D eigenvalue weighted by Gasteiger charge is 2.06. The van der Waals surface area contributed by atoms with Crippen molar-refractivity contribution >= 4 is 11.6 Å². The molecule has 3 aromatic rings. The van der Waals surface area contributed by atoms with E-state index >= 15 is 0 Å². The minimum Gasteiger partial charge on any atom is -0.497 e. The summed E-state index contributed by atoms with van der Waals surface area (Å²) in [5.41, 5.74) is 1.26. The Hall–Kier alpha value is -3.47. The molecule has 0 aliphatic carbocycles. The smallest absolute Gasteiger partial charge is 0.255 e. The molecule has 3 rings (SSSR count). The summed E-state index contributed by atoms with van der Waals surface area (Å²) in [6, 6.07) is 23.8. The number of amides is 1. The topological polar surface area (TPSA) is 56.8 Å². The number of benzene rings is 3. The number of carbonyl (C=O) groups excluding carboxylic acids is 1. The SMILES string of the molecule is COc1ccc(NC(=O)c2ccc(OCCOc3ccccc3)cc2)cc1. The van der Waals surface area contributed by atoms with Gasteiger partial charge in [0.15, 0.2) is 0 Å². The van der Waals surface area contributed by atoms with E-state index in [0.717, 1.165) is 11.5 Å². The van der Waals surface area contributed by atoms with Crippen LogP contribution in [0, 0.1) is 0 Å². The maximum absolute atomic E-state index is 12.3. The Bertz CT molecular complexity index is 846. The van der Waals surface area contributed by atoms with Gasteiger partial charge in [0.2, 0.25) is 0 Å². The van der Waals surface area contributed by atoms with Gasteiger partial charge in [0.05, 0.1) is 7.11 Å². The first kappa shape index (κ1) is 18.3. The van der Waals surface area contributed by atoms with Crippen LogP contribution in [-0.4, -0.2) is 26.2 Å². The van der Waals surface area contributed by atoms with Gasteiger partial charge in [-0.2, -0.15) is 0 Å². The zero-order valence-corrected chi connectivity index (χ0v) is 15.1. The molecule has 138 valence electrons. The molecule has 0 heterocycles. The van der Waals surface area contributed by atoms with E-state index in [1.165, 1.54) is 0 Å². The van der Waals surface area contributed by atoms with Crippen molar-refractivity contribution in [1.29, 1.82) is 0 Å². The molecule has 1 amide bonds. The summed E-state index contributed by atoms with van der Waals surface area (Å²) < 4.78 is 16.3. The standard InChI is InChI=1S/C22H21NO4/c1-25-19-13-9-18(10-14-19)23-22(24)17-7-11-21(12-8-17)27-16-15-26-20-5-3-2-4-6-20/h2-14H,15-16H2,1H3,(H,23,24). The van der Waals surface area contributed by atoms with Gasteiger partial charge in [-0.1, -0.05) is 18.2 Å². The van der Waals surface area contributed by atoms with Crippen LogP contribution in [0.15, 0.2) is 78.9 Å². The molecule has 0 unspecified atom stereocenters. The second-order valence-electron chi connectivity index (χ2n) is 5.72. The summed E-state index contributed by atoms with van der Waals surface area (Å²) in [5, 5.41) is 2.84. The molecule has 0 spiro atoms. The lowest BCUT2D eigenvalue weighted by Crippen LogP contribution is -2.12. The average molecular weight is 363 g/mol. The zero-order chi connectivity index (χ0) is 18.9. The fourth-order valence-electron chi connectivity index (χ4n) is 2.42. The van der Waals surface area contributed by atoms with Gasteiger partial charge in [0.1, 0.15) is 30.5 Å². The van der Waals surface area contributed by atoms with Crippen molar-refractivity contribution in [2.75, 3.05) is 25.6 Å². The van der Waals surface area contributed by atoms with Crippen LogP contribution >= 0.6 is 0 Å². The Morgan fingerprint density at radius 1 is 0.741 bits per heavy atom. The molecule has 0 aliphatic heterocycles. The normalized spacial score (nSPS) is 10.1.